The summed E-state index contributed by atoms with van der Waals surface area (Å²) in [7, 11) is 0. The van der Waals surface area contributed by atoms with Crippen LogP contribution in [0.5, 0.6) is 5.75 Å². The van der Waals surface area contributed by atoms with Crippen molar-refractivity contribution in [3.8, 4) is 5.75 Å². The molecule has 0 amide bonds. The second-order valence-electron chi connectivity index (χ2n) is 4.73. The third-order valence-corrected chi connectivity index (χ3v) is 3.39. The first-order chi connectivity index (χ1) is 9.33. The fourth-order valence-corrected chi connectivity index (χ4v) is 2.41. The van der Waals surface area contributed by atoms with Crippen LogP contribution in [0.25, 0.3) is 0 Å². The van der Waals surface area contributed by atoms with E-state index in [9.17, 15) is 4.79 Å². The molecule has 0 spiro atoms. The number of nitrogens with zero attached hydrogens (tertiary/aromatic N) is 1. The van der Waals surface area contributed by atoms with E-state index in [1.54, 1.807) is 12.4 Å². The Morgan fingerprint density at radius 2 is 2.26 bits per heavy atom. The molecule has 0 saturated heterocycles. The van der Waals surface area contributed by atoms with Gasteiger partial charge in [-0.1, -0.05) is 0 Å². The molecule has 2 aromatic rings. The van der Waals surface area contributed by atoms with E-state index >= 15 is 0 Å². The van der Waals surface area contributed by atoms with Gasteiger partial charge in [-0.25, -0.2) is 4.98 Å². The Hall–Kier alpha value is -2.10. The third-order valence-electron chi connectivity index (χ3n) is 3.39. The first kappa shape index (κ1) is 12.0. The quantitative estimate of drug-likeness (QED) is 0.914. The van der Waals surface area contributed by atoms with Crippen LogP contribution in [-0.2, 0) is 12.8 Å². The Balaban J connectivity index is 1.64. The minimum Gasteiger partial charge on any atom is -0.493 e. The summed E-state index contributed by atoms with van der Waals surface area (Å²) in [6, 6.07) is 5.76. The van der Waals surface area contributed by atoms with Crippen LogP contribution in [0, 0.1) is 0 Å². The van der Waals surface area contributed by atoms with Crippen LogP contribution in [-0.4, -0.2) is 22.4 Å². The van der Waals surface area contributed by atoms with Gasteiger partial charge in [-0.3, -0.25) is 4.79 Å². The number of aryl methyl sites for hydroxylation is 1. The van der Waals surface area contributed by atoms with E-state index in [-0.39, 0.29) is 5.78 Å². The second-order valence-corrected chi connectivity index (χ2v) is 4.73. The van der Waals surface area contributed by atoms with E-state index < -0.39 is 0 Å². The average molecular weight is 256 g/mol. The minimum atomic E-state index is 0.253. The number of H-pyrrole nitrogens is 1. The van der Waals surface area contributed by atoms with Crippen molar-refractivity contribution < 1.29 is 9.53 Å². The fourth-order valence-electron chi connectivity index (χ4n) is 2.41. The molecule has 1 heterocycles. The van der Waals surface area contributed by atoms with Gasteiger partial charge in [0.15, 0.2) is 5.78 Å². The number of benzene rings is 1. The first-order valence-electron chi connectivity index (χ1n) is 6.60. The Kier molecular flexibility index (Phi) is 3.31. The van der Waals surface area contributed by atoms with Gasteiger partial charge in [-0.15, -0.1) is 0 Å². The number of nitrogens with one attached hydrogen (secondary N) is 1. The maximum absolute atomic E-state index is 11.7. The highest BCUT2D eigenvalue weighted by Crippen LogP contribution is 2.25. The number of rotatable bonds is 4. The summed E-state index contributed by atoms with van der Waals surface area (Å²) in [5.74, 6) is 2.01. The Morgan fingerprint density at radius 3 is 3.11 bits per heavy atom. The summed E-state index contributed by atoms with van der Waals surface area (Å²) in [6.45, 7) is 0.584. The lowest BCUT2D eigenvalue weighted by molar-refractivity contribution is 0.0972. The van der Waals surface area contributed by atoms with Crippen LogP contribution in [0.4, 0.5) is 0 Å². The summed E-state index contributed by atoms with van der Waals surface area (Å²) in [4.78, 5) is 18.9. The largest absolute Gasteiger partial charge is 0.493 e. The summed E-state index contributed by atoms with van der Waals surface area (Å²) < 4.78 is 5.71. The van der Waals surface area contributed by atoms with Crippen LogP contribution < -0.4 is 4.74 Å². The molecular weight excluding hydrogens is 240 g/mol. The molecule has 19 heavy (non-hydrogen) atoms. The molecule has 1 aromatic carbocycles. The summed E-state index contributed by atoms with van der Waals surface area (Å²) in [5, 5.41) is 0. The molecule has 1 N–H and O–H groups in total. The zero-order valence-corrected chi connectivity index (χ0v) is 10.7. The number of Topliss-reactive ketones (excluding diaryl/α,β-unsaturated/α-hetero) is 1. The molecule has 0 atom stereocenters. The van der Waals surface area contributed by atoms with Gasteiger partial charge in [-0.05, 0) is 36.6 Å². The average Bonchev–Trinajstić information content (AvgIpc) is 2.92. The molecular formula is C15H16N2O2. The van der Waals surface area contributed by atoms with Crippen LogP contribution in [0.1, 0.15) is 34.6 Å². The van der Waals surface area contributed by atoms with E-state index in [1.165, 1.54) is 0 Å². The number of fused-ring (bicyclic) bond motifs is 1. The first-order valence-corrected chi connectivity index (χ1v) is 6.60. The lowest BCUT2D eigenvalue weighted by Gasteiger charge is -2.15. The van der Waals surface area contributed by atoms with Crippen LogP contribution in [0.2, 0.25) is 0 Å². The number of ketones is 1. The maximum Gasteiger partial charge on any atom is 0.163 e. The molecule has 0 fully saturated rings. The second kappa shape index (κ2) is 5.26. The zero-order chi connectivity index (χ0) is 13.1. The van der Waals surface area contributed by atoms with E-state index in [0.717, 1.165) is 42.0 Å². The predicted molar refractivity (Wildman–Crippen MR) is 71.5 cm³/mol. The molecule has 4 nitrogen and oxygen atoms in total. The molecule has 0 unspecified atom stereocenters. The van der Waals surface area contributed by atoms with Gasteiger partial charge in [0.1, 0.15) is 11.6 Å². The number of hydrogen-bond donors (Lipinski definition) is 1. The zero-order valence-electron chi connectivity index (χ0n) is 10.7. The van der Waals surface area contributed by atoms with Gasteiger partial charge in [0, 0.05) is 30.8 Å². The van der Waals surface area contributed by atoms with E-state index in [4.69, 9.17) is 4.74 Å². The van der Waals surface area contributed by atoms with Crippen LogP contribution >= 0.6 is 0 Å². The number of hydrogen-bond acceptors (Lipinski definition) is 3. The molecule has 98 valence electrons. The minimum absolute atomic E-state index is 0.253. The predicted octanol–water partition coefficient (Wildman–Crippen LogP) is 2.55. The Bertz CT molecular complexity index is 576. The van der Waals surface area contributed by atoms with Crippen molar-refractivity contribution >= 4 is 5.78 Å². The number of carbonyl (C=O) groups excluding carboxylic acids is 1. The summed E-state index contributed by atoms with van der Waals surface area (Å²) in [5.41, 5.74) is 1.98. The van der Waals surface area contributed by atoms with E-state index in [1.807, 2.05) is 18.2 Å². The highest BCUT2D eigenvalue weighted by atomic mass is 16.5. The van der Waals surface area contributed by atoms with Crippen LogP contribution in [0.15, 0.2) is 30.6 Å². The van der Waals surface area contributed by atoms with Gasteiger partial charge < -0.3 is 9.72 Å². The molecule has 1 aliphatic carbocycles. The number of imidazole rings is 1. The third kappa shape index (κ3) is 2.67. The summed E-state index contributed by atoms with van der Waals surface area (Å²) in [6.07, 6.45) is 6.88. The molecule has 3 rings (SSSR count). The highest BCUT2D eigenvalue weighted by Gasteiger charge is 2.17. The Labute approximate surface area is 111 Å². The van der Waals surface area contributed by atoms with Crippen molar-refractivity contribution in [2.75, 3.05) is 6.61 Å². The number of aromatic nitrogens is 2. The SMILES string of the molecule is O=C1CCCc2cc(OCCc3ncc[nH]3)ccc21. The van der Waals surface area contributed by atoms with Gasteiger partial charge in [0.2, 0.25) is 0 Å². The molecule has 0 saturated carbocycles. The topological polar surface area (TPSA) is 55.0 Å². The molecule has 0 bridgehead atoms. The van der Waals surface area contributed by atoms with Crippen molar-refractivity contribution in [3.63, 3.8) is 0 Å². The number of aromatic amines is 1. The molecule has 0 radical (unpaired) electrons. The van der Waals surface area contributed by atoms with Gasteiger partial charge >= 0.3 is 0 Å². The van der Waals surface area contributed by atoms with Crippen molar-refractivity contribution in [3.05, 3.63) is 47.5 Å². The van der Waals surface area contributed by atoms with Crippen molar-refractivity contribution in [2.24, 2.45) is 0 Å². The molecule has 1 aromatic heterocycles. The Morgan fingerprint density at radius 1 is 1.32 bits per heavy atom. The summed E-state index contributed by atoms with van der Waals surface area (Å²) >= 11 is 0. The van der Waals surface area contributed by atoms with Gasteiger partial charge in [-0.2, -0.15) is 0 Å². The van der Waals surface area contributed by atoms with Crippen molar-refractivity contribution in [2.45, 2.75) is 25.7 Å². The van der Waals surface area contributed by atoms with Crippen molar-refractivity contribution in [1.82, 2.24) is 9.97 Å². The fraction of sp³-hybridized carbons (Fsp3) is 0.333. The molecule has 0 aliphatic heterocycles. The molecule has 4 heteroatoms. The lowest BCUT2D eigenvalue weighted by atomic mass is 9.90. The highest BCUT2D eigenvalue weighted by molar-refractivity contribution is 5.98. The van der Waals surface area contributed by atoms with E-state index in [0.29, 0.717) is 13.0 Å². The monoisotopic (exact) mass is 256 g/mol. The lowest BCUT2D eigenvalue weighted by Crippen LogP contribution is -2.11. The van der Waals surface area contributed by atoms with Gasteiger partial charge in [0.05, 0.1) is 6.61 Å². The normalized spacial score (nSPS) is 14.2. The number of ether oxygens (including phenoxy) is 1. The molecule has 1 aliphatic rings. The standard InChI is InChI=1S/C15H16N2O2/c18-14-3-1-2-11-10-12(4-5-13(11)14)19-9-6-15-16-7-8-17-15/h4-5,7-8,10H,1-3,6,9H2,(H,16,17). The van der Waals surface area contributed by atoms with Gasteiger partial charge in [0.25, 0.3) is 0 Å². The van der Waals surface area contributed by atoms with Crippen molar-refractivity contribution in [1.29, 1.82) is 0 Å². The van der Waals surface area contributed by atoms with Crippen LogP contribution in [0.3, 0.4) is 0 Å². The maximum atomic E-state index is 11.7. The number of carbonyl (C=O) groups is 1. The smallest absolute Gasteiger partial charge is 0.163 e. The van der Waals surface area contributed by atoms with E-state index in [2.05, 4.69) is 9.97 Å².